The maximum atomic E-state index is 12.3. The van der Waals surface area contributed by atoms with Gasteiger partial charge < -0.3 is 24.6 Å². The second-order valence-electron chi connectivity index (χ2n) is 9.03. The lowest BCUT2D eigenvalue weighted by molar-refractivity contribution is 0.0240. The molecule has 1 fully saturated rings. The maximum Gasteiger partial charge on any atom is 0.410 e. The van der Waals surface area contributed by atoms with E-state index in [-0.39, 0.29) is 11.8 Å². The molecule has 0 spiro atoms. The van der Waals surface area contributed by atoms with E-state index in [9.17, 15) is 4.79 Å². The van der Waals surface area contributed by atoms with Crippen molar-refractivity contribution in [2.24, 2.45) is 0 Å². The predicted octanol–water partition coefficient (Wildman–Crippen LogP) is 3.55. The molecule has 0 atom stereocenters. The fourth-order valence-corrected chi connectivity index (χ4v) is 3.68. The van der Waals surface area contributed by atoms with Gasteiger partial charge in [-0.05, 0) is 32.9 Å². The summed E-state index contributed by atoms with van der Waals surface area (Å²) in [5.74, 6) is 1.74. The number of nitrogens with one attached hydrogen (secondary N) is 2. The third-order valence-corrected chi connectivity index (χ3v) is 5.37. The van der Waals surface area contributed by atoms with E-state index >= 15 is 0 Å². The molecule has 3 aromatic rings. The number of rotatable bonds is 5. The molecule has 0 radical (unpaired) electrons. The Bertz CT molecular complexity index is 1220. The number of hydrogen-bond acceptors (Lipinski definition) is 9. The summed E-state index contributed by atoms with van der Waals surface area (Å²) in [6, 6.07) is 9.77. The molecular weight excluding hydrogens is 448 g/mol. The minimum absolute atomic E-state index is 0.245. The lowest BCUT2D eigenvalue weighted by Crippen LogP contribution is -2.50. The number of aromatic nitrogens is 4. The Hall–Kier alpha value is -4.33. The first-order valence-electron chi connectivity index (χ1n) is 11.2. The van der Waals surface area contributed by atoms with Crippen molar-refractivity contribution in [2.75, 3.05) is 43.5 Å². The summed E-state index contributed by atoms with van der Waals surface area (Å²) in [6.07, 6.45) is 2.59. The Balaban J connectivity index is 1.43. The molecule has 182 valence electrons. The van der Waals surface area contributed by atoms with Gasteiger partial charge in [0.05, 0.1) is 25.2 Å². The number of carbonyl (C=O) groups is 1. The topological polar surface area (TPSA) is 132 Å². The van der Waals surface area contributed by atoms with Crippen molar-refractivity contribution >= 4 is 23.4 Å². The quantitative estimate of drug-likeness (QED) is 0.567. The highest BCUT2D eigenvalue weighted by Gasteiger charge is 2.26. The lowest BCUT2D eigenvalue weighted by Gasteiger charge is -2.37. The van der Waals surface area contributed by atoms with E-state index in [0.29, 0.717) is 43.6 Å². The summed E-state index contributed by atoms with van der Waals surface area (Å²) in [5.41, 5.74) is 2.38. The van der Waals surface area contributed by atoms with E-state index in [1.54, 1.807) is 12.0 Å². The number of nitrogens with zero attached hydrogens (tertiary/aromatic N) is 6. The number of benzene rings is 1. The first-order valence-corrected chi connectivity index (χ1v) is 11.2. The van der Waals surface area contributed by atoms with Crippen LogP contribution in [0, 0.1) is 11.3 Å². The number of hydrogen-bond donors (Lipinski definition) is 2. The number of anilines is 3. The van der Waals surface area contributed by atoms with Gasteiger partial charge in [-0.15, -0.1) is 0 Å². The Morgan fingerprint density at radius 2 is 1.89 bits per heavy atom. The molecule has 0 aliphatic carbocycles. The molecule has 1 amide bonds. The third kappa shape index (κ3) is 5.78. The second-order valence-corrected chi connectivity index (χ2v) is 9.03. The molecule has 1 aliphatic heterocycles. The van der Waals surface area contributed by atoms with E-state index < -0.39 is 5.60 Å². The molecule has 1 saturated heterocycles. The van der Waals surface area contributed by atoms with Gasteiger partial charge >= 0.3 is 6.09 Å². The number of aromatic amines is 1. The van der Waals surface area contributed by atoms with Crippen molar-refractivity contribution < 1.29 is 14.3 Å². The van der Waals surface area contributed by atoms with Crippen molar-refractivity contribution in [3.63, 3.8) is 0 Å². The normalized spacial score (nSPS) is 13.8. The highest BCUT2D eigenvalue weighted by molar-refractivity contribution is 5.74. The van der Waals surface area contributed by atoms with Crippen LogP contribution in [0.15, 0.2) is 36.7 Å². The molecule has 4 rings (SSSR count). The number of nitriles is 1. The van der Waals surface area contributed by atoms with Gasteiger partial charge in [-0.1, -0.05) is 0 Å². The van der Waals surface area contributed by atoms with Crippen LogP contribution in [0.2, 0.25) is 0 Å². The van der Waals surface area contributed by atoms with Crippen molar-refractivity contribution in [2.45, 2.75) is 26.4 Å². The van der Waals surface area contributed by atoms with Gasteiger partial charge in [0.2, 0.25) is 0 Å². The monoisotopic (exact) mass is 476 g/mol. The fraction of sp³-hybridized carbons (Fsp3) is 0.375. The molecule has 1 aromatic carbocycles. The first-order chi connectivity index (χ1) is 16.8. The van der Waals surface area contributed by atoms with E-state index in [0.717, 1.165) is 16.9 Å². The second kappa shape index (κ2) is 9.89. The Morgan fingerprint density at radius 1 is 1.11 bits per heavy atom. The molecule has 1 aliphatic rings. The van der Waals surface area contributed by atoms with Crippen molar-refractivity contribution in [1.82, 2.24) is 25.1 Å². The Kier molecular flexibility index (Phi) is 6.73. The minimum atomic E-state index is -0.505. The summed E-state index contributed by atoms with van der Waals surface area (Å²) in [4.78, 5) is 24.4. The third-order valence-electron chi connectivity index (χ3n) is 5.37. The smallest absolute Gasteiger partial charge is 0.410 e. The van der Waals surface area contributed by atoms with Crippen LogP contribution in [-0.4, -0.2) is 70.0 Å². The van der Waals surface area contributed by atoms with Crippen LogP contribution in [0.4, 0.5) is 22.1 Å². The number of carbonyl (C=O) groups excluding carboxylic acids is 1. The average molecular weight is 477 g/mol. The highest BCUT2D eigenvalue weighted by Crippen LogP contribution is 2.34. The summed E-state index contributed by atoms with van der Waals surface area (Å²) < 4.78 is 11.1. The number of methoxy groups -OCH3 is 1. The van der Waals surface area contributed by atoms with Crippen LogP contribution in [0.5, 0.6) is 5.75 Å². The Morgan fingerprint density at radius 3 is 2.51 bits per heavy atom. The summed E-state index contributed by atoms with van der Waals surface area (Å²) in [6.45, 7) is 8.19. The summed E-state index contributed by atoms with van der Waals surface area (Å²) >= 11 is 0. The number of H-pyrrole nitrogens is 1. The van der Waals surface area contributed by atoms with Crippen LogP contribution in [-0.2, 0) is 4.74 Å². The van der Waals surface area contributed by atoms with Crippen LogP contribution in [0.3, 0.4) is 0 Å². The van der Waals surface area contributed by atoms with E-state index in [4.69, 9.17) is 14.7 Å². The van der Waals surface area contributed by atoms with Gasteiger partial charge in [-0.25, -0.2) is 14.8 Å². The molecule has 2 aromatic heterocycles. The zero-order valence-corrected chi connectivity index (χ0v) is 20.2. The lowest BCUT2D eigenvalue weighted by atomic mass is 10.1. The fourth-order valence-electron chi connectivity index (χ4n) is 3.68. The van der Waals surface area contributed by atoms with Crippen molar-refractivity contribution in [3.05, 3.63) is 42.4 Å². The van der Waals surface area contributed by atoms with E-state index in [1.807, 2.05) is 51.1 Å². The van der Waals surface area contributed by atoms with Gasteiger partial charge in [-0.2, -0.15) is 10.4 Å². The van der Waals surface area contributed by atoms with E-state index in [1.165, 1.54) is 12.4 Å². The molecule has 0 unspecified atom stereocenters. The molecule has 3 heterocycles. The van der Waals surface area contributed by atoms with Gasteiger partial charge in [0.25, 0.3) is 0 Å². The van der Waals surface area contributed by atoms with Gasteiger partial charge in [0.15, 0.2) is 11.5 Å². The van der Waals surface area contributed by atoms with Crippen LogP contribution < -0.4 is 15.0 Å². The van der Waals surface area contributed by atoms with Gasteiger partial charge in [-0.3, -0.25) is 5.10 Å². The Labute approximate surface area is 203 Å². The number of ether oxygens (including phenoxy) is 2. The van der Waals surface area contributed by atoms with Gasteiger partial charge in [0, 0.05) is 49.6 Å². The zero-order chi connectivity index (χ0) is 25.0. The van der Waals surface area contributed by atoms with Crippen molar-refractivity contribution in [1.29, 1.82) is 5.26 Å². The van der Waals surface area contributed by atoms with Gasteiger partial charge in [0.1, 0.15) is 23.2 Å². The molecule has 11 heteroatoms. The predicted molar refractivity (Wildman–Crippen MR) is 131 cm³/mol. The standard InChI is InChI=1S/C24H28N8O3/c1-24(2,3)35-23(33)32-9-7-31(8-10-32)17-5-6-18(20(11-17)34-4)19-12-21(30-29-19)28-22-15-26-16(13-25)14-27-22/h5-6,11-12,14-15H,7-10H2,1-4H3,(H2,27,28,29,30). The number of piperazine rings is 1. The van der Waals surface area contributed by atoms with Crippen LogP contribution in [0.25, 0.3) is 11.3 Å². The first kappa shape index (κ1) is 23.8. The molecule has 0 bridgehead atoms. The minimum Gasteiger partial charge on any atom is -0.496 e. The molecule has 0 saturated carbocycles. The molecule has 11 nitrogen and oxygen atoms in total. The zero-order valence-electron chi connectivity index (χ0n) is 20.2. The largest absolute Gasteiger partial charge is 0.496 e. The average Bonchev–Trinajstić information content (AvgIpc) is 3.31. The molecular formula is C24H28N8O3. The maximum absolute atomic E-state index is 12.3. The van der Waals surface area contributed by atoms with E-state index in [2.05, 4.69) is 30.4 Å². The van der Waals surface area contributed by atoms with Crippen LogP contribution in [0.1, 0.15) is 26.5 Å². The highest BCUT2D eigenvalue weighted by atomic mass is 16.6. The molecule has 2 N–H and O–H groups in total. The van der Waals surface area contributed by atoms with Crippen LogP contribution >= 0.6 is 0 Å². The molecule has 35 heavy (non-hydrogen) atoms. The van der Waals surface area contributed by atoms with Crippen molar-refractivity contribution in [3.8, 4) is 23.1 Å². The SMILES string of the molecule is COc1cc(N2CCN(C(=O)OC(C)(C)C)CC2)ccc1-c1cc(Nc2cnc(C#N)cn2)n[nH]1. The summed E-state index contributed by atoms with van der Waals surface area (Å²) in [5, 5.41) is 19.2. The summed E-state index contributed by atoms with van der Waals surface area (Å²) in [7, 11) is 1.63. The number of amides is 1.